The van der Waals surface area contributed by atoms with Crippen LogP contribution in [0.3, 0.4) is 0 Å². The molecular formula is C21H20ClN3O3. The Morgan fingerprint density at radius 1 is 1.25 bits per heavy atom. The Labute approximate surface area is 167 Å². The average Bonchev–Trinajstić information content (AvgIpc) is 3.15. The third kappa shape index (κ3) is 3.03. The number of fused-ring (bicyclic) bond motifs is 2. The van der Waals surface area contributed by atoms with Gasteiger partial charge in [0.25, 0.3) is 5.91 Å². The van der Waals surface area contributed by atoms with E-state index in [0.717, 1.165) is 21.6 Å². The van der Waals surface area contributed by atoms with E-state index >= 15 is 0 Å². The zero-order chi connectivity index (χ0) is 19.9. The summed E-state index contributed by atoms with van der Waals surface area (Å²) < 4.78 is 0. The van der Waals surface area contributed by atoms with Crippen LogP contribution >= 0.6 is 11.6 Å². The molecule has 1 fully saturated rings. The molecule has 1 saturated heterocycles. The number of hydrogen-bond acceptors (Lipinski definition) is 3. The first kappa shape index (κ1) is 18.5. The Bertz CT molecular complexity index is 977. The number of carbonyl (C=O) groups is 3. The van der Waals surface area contributed by atoms with Gasteiger partial charge in [-0.05, 0) is 48.6 Å². The van der Waals surface area contributed by atoms with Crippen molar-refractivity contribution in [1.29, 1.82) is 0 Å². The molecule has 7 heteroatoms. The minimum absolute atomic E-state index is 0.298. The second-order valence-corrected chi connectivity index (χ2v) is 7.66. The van der Waals surface area contributed by atoms with Crippen molar-refractivity contribution < 1.29 is 14.4 Å². The molecule has 0 saturated carbocycles. The van der Waals surface area contributed by atoms with E-state index in [2.05, 4.69) is 10.6 Å². The maximum absolute atomic E-state index is 13.1. The van der Waals surface area contributed by atoms with E-state index in [-0.39, 0.29) is 18.5 Å². The number of imide groups is 1. The van der Waals surface area contributed by atoms with Crippen LogP contribution in [-0.4, -0.2) is 29.3 Å². The van der Waals surface area contributed by atoms with Gasteiger partial charge in [-0.2, -0.15) is 0 Å². The van der Waals surface area contributed by atoms with Crippen LogP contribution in [0.5, 0.6) is 0 Å². The summed E-state index contributed by atoms with van der Waals surface area (Å²) in [6, 6.07) is 14.0. The number of nitrogens with one attached hydrogen (secondary N) is 2. The molecule has 2 N–H and O–H groups in total. The lowest BCUT2D eigenvalue weighted by molar-refractivity contribution is -0.135. The summed E-state index contributed by atoms with van der Waals surface area (Å²) in [6.07, 6.45) is 1.22. The van der Waals surface area contributed by atoms with Gasteiger partial charge < -0.3 is 10.6 Å². The fourth-order valence-corrected chi connectivity index (χ4v) is 4.22. The number of urea groups is 1. The monoisotopic (exact) mass is 397 g/mol. The highest BCUT2D eigenvalue weighted by atomic mass is 35.5. The highest BCUT2D eigenvalue weighted by molar-refractivity contribution is 6.30. The van der Waals surface area contributed by atoms with Gasteiger partial charge in [0.2, 0.25) is 5.91 Å². The number of rotatable bonds is 4. The molecule has 1 heterocycles. The number of benzene rings is 2. The zero-order valence-electron chi connectivity index (χ0n) is 15.4. The molecule has 4 amide bonds. The fraction of sp³-hybridized carbons (Fsp3) is 0.286. The Morgan fingerprint density at radius 3 is 2.82 bits per heavy atom. The van der Waals surface area contributed by atoms with Gasteiger partial charge in [-0.15, -0.1) is 0 Å². The minimum Gasteiger partial charge on any atom is -0.348 e. The predicted octanol–water partition coefficient (Wildman–Crippen LogP) is 2.91. The number of halogens is 1. The van der Waals surface area contributed by atoms with Crippen LogP contribution in [0.15, 0.2) is 48.5 Å². The van der Waals surface area contributed by atoms with Crippen molar-refractivity contribution in [2.45, 2.75) is 31.3 Å². The zero-order valence-corrected chi connectivity index (χ0v) is 16.1. The maximum atomic E-state index is 13.1. The molecule has 2 aliphatic rings. The van der Waals surface area contributed by atoms with Gasteiger partial charge in [0.15, 0.2) is 0 Å². The van der Waals surface area contributed by atoms with Crippen LogP contribution < -0.4 is 10.6 Å². The molecule has 1 aliphatic heterocycles. The molecule has 4 rings (SSSR count). The van der Waals surface area contributed by atoms with Crippen LogP contribution in [0.1, 0.15) is 36.1 Å². The van der Waals surface area contributed by atoms with Crippen molar-refractivity contribution in [3.63, 3.8) is 0 Å². The van der Waals surface area contributed by atoms with E-state index < -0.39 is 17.5 Å². The molecule has 6 nitrogen and oxygen atoms in total. The van der Waals surface area contributed by atoms with E-state index in [9.17, 15) is 14.4 Å². The molecule has 2 unspecified atom stereocenters. The van der Waals surface area contributed by atoms with Gasteiger partial charge in [-0.25, -0.2) is 4.79 Å². The van der Waals surface area contributed by atoms with E-state index in [1.807, 2.05) is 37.3 Å². The second-order valence-electron chi connectivity index (χ2n) is 7.23. The first-order valence-corrected chi connectivity index (χ1v) is 9.56. The second kappa shape index (κ2) is 6.95. The van der Waals surface area contributed by atoms with Crippen molar-refractivity contribution in [3.8, 4) is 0 Å². The predicted molar refractivity (Wildman–Crippen MR) is 105 cm³/mol. The van der Waals surface area contributed by atoms with Crippen LogP contribution in [0.25, 0.3) is 0 Å². The molecule has 0 bridgehead atoms. The molecule has 0 aromatic heterocycles. The SMILES string of the molecule is CC(NC(=O)CN1C(=O)NC2(CCc3ccccc32)C1=O)c1cccc(Cl)c1. The highest BCUT2D eigenvalue weighted by Crippen LogP contribution is 2.41. The Balaban J connectivity index is 1.48. The first-order chi connectivity index (χ1) is 13.4. The van der Waals surface area contributed by atoms with E-state index in [1.54, 1.807) is 18.2 Å². The van der Waals surface area contributed by atoms with Crippen LogP contribution in [0, 0.1) is 0 Å². The molecule has 1 spiro atoms. The van der Waals surface area contributed by atoms with Crippen LogP contribution in [0.4, 0.5) is 4.79 Å². The smallest absolute Gasteiger partial charge is 0.325 e. The molecule has 2 aromatic carbocycles. The Hall–Kier alpha value is -2.86. The summed E-state index contributed by atoms with van der Waals surface area (Å²) in [4.78, 5) is 39.1. The van der Waals surface area contributed by atoms with Crippen LogP contribution in [-0.2, 0) is 21.5 Å². The van der Waals surface area contributed by atoms with Crippen molar-refractivity contribution in [3.05, 3.63) is 70.2 Å². The van der Waals surface area contributed by atoms with Crippen molar-refractivity contribution in [2.75, 3.05) is 6.54 Å². The van der Waals surface area contributed by atoms with E-state index in [4.69, 9.17) is 11.6 Å². The van der Waals surface area contributed by atoms with Gasteiger partial charge in [-0.3, -0.25) is 14.5 Å². The van der Waals surface area contributed by atoms with Gasteiger partial charge >= 0.3 is 6.03 Å². The minimum atomic E-state index is -1.05. The molecule has 0 radical (unpaired) electrons. The quantitative estimate of drug-likeness (QED) is 0.778. The Morgan fingerprint density at radius 2 is 2.04 bits per heavy atom. The number of hydrogen-bond donors (Lipinski definition) is 2. The first-order valence-electron chi connectivity index (χ1n) is 9.18. The normalized spacial score (nSPS) is 21.6. The molecule has 144 valence electrons. The van der Waals surface area contributed by atoms with E-state index in [0.29, 0.717) is 17.9 Å². The molecule has 2 atom stereocenters. The number of carbonyl (C=O) groups excluding carboxylic acids is 3. The summed E-state index contributed by atoms with van der Waals surface area (Å²) in [5.74, 6) is -0.771. The third-order valence-electron chi connectivity index (χ3n) is 5.45. The van der Waals surface area contributed by atoms with Crippen LogP contribution in [0.2, 0.25) is 5.02 Å². The molecule has 2 aromatic rings. The van der Waals surface area contributed by atoms with Crippen molar-refractivity contribution in [2.24, 2.45) is 0 Å². The topological polar surface area (TPSA) is 78.5 Å². The molecule has 1 aliphatic carbocycles. The maximum Gasteiger partial charge on any atom is 0.325 e. The molecular weight excluding hydrogens is 378 g/mol. The third-order valence-corrected chi connectivity index (χ3v) is 5.69. The summed E-state index contributed by atoms with van der Waals surface area (Å²) in [6.45, 7) is 1.50. The highest BCUT2D eigenvalue weighted by Gasteiger charge is 2.55. The largest absolute Gasteiger partial charge is 0.348 e. The lowest BCUT2D eigenvalue weighted by atomic mass is 9.92. The number of amides is 4. The van der Waals surface area contributed by atoms with E-state index in [1.165, 1.54) is 0 Å². The summed E-state index contributed by atoms with van der Waals surface area (Å²) in [7, 11) is 0. The fourth-order valence-electron chi connectivity index (χ4n) is 4.02. The lowest BCUT2D eigenvalue weighted by Crippen LogP contribution is -2.44. The average molecular weight is 398 g/mol. The summed E-state index contributed by atoms with van der Waals surface area (Å²) in [5.41, 5.74) is 1.67. The molecule has 28 heavy (non-hydrogen) atoms. The summed E-state index contributed by atoms with van der Waals surface area (Å²) >= 11 is 5.99. The van der Waals surface area contributed by atoms with Gasteiger partial charge in [-0.1, -0.05) is 48.0 Å². The van der Waals surface area contributed by atoms with Gasteiger partial charge in [0, 0.05) is 5.02 Å². The number of aryl methyl sites for hydroxylation is 1. The Kier molecular flexibility index (Phi) is 4.59. The van der Waals surface area contributed by atoms with Crippen molar-refractivity contribution in [1.82, 2.24) is 15.5 Å². The van der Waals surface area contributed by atoms with Gasteiger partial charge in [0.05, 0.1) is 6.04 Å². The lowest BCUT2D eigenvalue weighted by Gasteiger charge is -2.22. The van der Waals surface area contributed by atoms with Crippen molar-refractivity contribution >= 4 is 29.4 Å². The standard InChI is InChI=1S/C21H20ClN3O3/c1-13(15-6-4-7-16(22)11-15)23-18(26)12-25-19(27)21(24-20(25)28)10-9-14-5-2-3-8-17(14)21/h2-8,11,13H,9-10,12H2,1H3,(H,23,26)(H,24,28). The summed E-state index contributed by atoms with van der Waals surface area (Å²) in [5, 5.41) is 6.22. The number of nitrogens with zero attached hydrogens (tertiary/aromatic N) is 1. The van der Waals surface area contributed by atoms with Gasteiger partial charge in [0.1, 0.15) is 12.1 Å².